The number of rotatable bonds is 4. The third-order valence-electron chi connectivity index (χ3n) is 9.50. The SMILES string of the molecule is CN(C)CCO/N=C1\CC[C@@]2(C)C(=CC[C@H]3[C@@H]4CC[C@H](O)[C@@]4(C)CC[C@@H]32)C1(C)C. The summed E-state index contributed by atoms with van der Waals surface area (Å²) in [6.07, 6.45) is 10.6. The molecule has 4 nitrogen and oxygen atoms in total. The predicted octanol–water partition coefficient (Wildman–Crippen LogP) is 4.88. The Bertz CT molecular complexity index is 697. The second-order valence-electron chi connectivity index (χ2n) is 11.6. The van der Waals surface area contributed by atoms with Crippen molar-refractivity contribution in [3.8, 4) is 0 Å². The van der Waals surface area contributed by atoms with Crippen molar-refractivity contribution >= 4 is 5.71 Å². The Morgan fingerprint density at radius 2 is 1.86 bits per heavy atom. The third-order valence-corrected chi connectivity index (χ3v) is 9.50. The largest absolute Gasteiger partial charge is 0.394 e. The van der Waals surface area contributed by atoms with Crippen molar-refractivity contribution in [1.82, 2.24) is 4.90 Å². The molecule has 0 aromatic carbocycles. The minimum atomic E-state index is -0.0903. The molecule has 4 aliphatic carbocycles. The number of hydrogen-bond acceptors (Lipinski definition) is 4. The number of hydrogen-bond donors (Lipinski definition) is 1. The molecule has 0 aromatic heterocycles. The molecule has 6 atom stereocenters. The molecule has 0 radical (unpaired) electrons. The van der Waals surface area contributed by atoms with Crippen molar-refractivity contribution < 1.29 is 9.94 Å². The molecule has 0 saturated heterocycles. The van der Waals surface area contributed by atoms with Gasteiger partial charge >= 0.3 is 0 Å². The van der Waals surface area contributed by atoms with Crippen LogP contribution in [-0.2, 0) is 4.84 Å². The van der Waals surface area contributed by atoms with Gasteiger partial charge in [0.1, 0.15) is 6.61 Å². The van der Waals surface area contributed by atoms with Gasteiger partial charge in [-0.05, 0) is 87.6 Å². The lowest BCUT2D eigenvalue weighted by Gasteiger charge is -2.60. The average molecular weight is 403 g/mol. The highest BCUT2D eigenvalue weighted by Crippen LogP contribution is 2.66. The van der Waals surface area contributed by atoms with Crippen molar-refractivity contribution in [2.45, 2.75) is 78.7 Å². The molecule has 0 aliphatic heterocycles. The Hall–Kier alpha value is -0.870. The number of aliphatic hydroxyl groups excluding tert-OH is 1. The Labute approximate surface area is 177 Å². The zero-order valence-electron chi connectivity index (χ0n) is 19.5. The second kappa shape index (κ2) is 7.37. The first-order valence-electron chi connectivity index (χ1n) is 11.8. The quantitative estimate of drug-likeness (QED) is 0.414. The van der Waals surface area contributed by atoms with Gasteiger partial charge in [-0.3, -0.25) is 0 Å². The van der Waals surface area contributed by atoms with E-state index in [1.54, 1.807) is 5.57 Å². The maximum Gasteiger partial charge on any atom is 0.129 e. The standard InChI is InChI=1S/C25H42N2O2/c1-23(2)20-9-7-17-18-8-10-22(28)25(18,4)13-11-19(17)24(20,3)14-12-21(23)26-29-16-15-27(5)6/h9,17-19,22,28H,7-8,10-16H2,1-6H3/b26-21+/t17-,18-,19-,22-,24+,25-/m0/s1. The van der Waals surface area contributed by atoms with Crippen LogP contribution in [0.5, 0.6) is 0 Å². The molecule has 4 aliphatic rings. The molecule has 29 heavy (non-hydrogen) atoms. The third kappa shape index (κ3) is 3.29. The maximum atomic E-state index is 10.7. The number of likely N-dealkylation sites (N-methyl/N-ethyl adjacent to an activating group) is 1. The second-order valence-corrected chi connectivity index (χ2v) is 11.6. The van der Waals surface area contributed by atoms with Crippen LogP contribution in [-0.4, -0.2) is 49.1 Å². The van der Waals surface area contributed by atoms with Crippen LogP contribution in [0.25, 0.3) is 0 Å². The Balaban J connectivity index is 1.58. The van der Waals surface area contributed by atoms with Crippen LogP contribution in [0, 0.1) is 34.0 Å². The van der Waals surface area contributed by atoms with E-state index in [1.165, 1.54) is 37.8 Å². The molecular weight excluding hydrogens is 360 g/mol. The normalized spacial score (nSPS) is 44.8. The minimum absolute atomic E-state index is 0.0218. The van der Waals surface area contributed by atoms with Crippen LogP contribution < -0.4 is 0 Å². The van der Waals surface area contributed by atoms with Crippen LogP contribution in [0.4, 0.5) is 0 Å². The molecular formula is C25H42N2O2. The van der Waals surface area contributed by atoms with Crippen molar-refractivity contribution in [1.29, 1.82) is 0 Å². The number of nitrogens with zero attached hydrogens (tertiary/aromatic N) is 2. The van der Waals surface area contributed by atoms with E-state index in [9.17, 15) is 5.11 Å². The van der Waals surface area contributed by atoms with E-state index in [-0.39, 0.29) is 22.3 Å². The molecule has 3 saturated carbocycles. The van der Waals surface area contributed by atoms with E-state index in [0.717, 1.165) is 31.2 Å². The van der Waals surface area contributed by atoms with E-state index in [1.807, 2.05) is 0 Å². The minimum Gasteiger partial charge on any atom is -0.394 e. The van der Waals surface area contributed by atoms with E-state index in [0.29, 0.717) is 12.5 Å². The Morgan fingerprint density at radius 1 is 1.10 bits per heavy atom. The molecule has 0 amide bonds. The van der Waals surface area contributed by atoms with Gasteiger partial charge in [0.25, 0.3) is 0 Å². The highest BCUT2D eigenvalue weighted by Gasteiger charge is 2.60. The van der Waals surface area contributed by atoms with Gasteiger partial charge in [0.2, 0.25) is 0 Å². The highest BCUT2D eigenvalue weighted by molar-refractivity contribution is 5.93. The van der Waals surface area contributed by atoms with Gasteiger partial charge in [0.15, 0.2) is 0 Å². The molecule has 0 spiro atoms. The molecule has 0 bridgehead atoms. The molecule has 0 aromatic rings. The molecule has 3 fully saturated rings. The van der Waals surface area contributed by atoms with Gasteiger partial charge in [-0.15, -0.1) is 0 Å². The van der Waals surface area contributed by atoms with Crippen LogP contribution in [0.2, 0.25) is 0 Å². The van der Waals surface area contributed by atoms with Gasteiger partial charge in [-0.2, -0.15) is 0 Å². The lowest BCUT2D eigenvalue weighted by Crippen LogP contribution is -2.54. The van der Waals surface area contributed by atoms with Crippen molar-refractivity contribution in [2.24, 2.45) is 39.2 Å². The van der Waals surface area contributed by atoms with E-state index < -0.39 is 0 Å². The van der Waals surface area contributed by atoms with Crippen LogP contribution in [0.1, 0.15) is 72.6 Å². The topological polar surface area (TPSA) is 45.1 Å². The van der Waals surface area contributed by atoms with Crippen LogP contribution in [0.3, 0.4) is 0 Å². The molecule has 4 heteroatoms. The molecule has 164 valence electrons. The van der Waals surface area contributed by atoms with Crippen molar-refractivity contribution in [3.05, 3.63) is 11.6 Å². The van der Waals surface area contributed by atoms with E-state index >= 15 is 0 Å². The monoisotopic (exact) mass is 402 g/mol. The molecule has 4 rings (SSSR count). The smallest absolute Gasteiger partial charge is 0.129 e. The summed E-state index contributed by atoms with van der Waals surface area (Å²) in [6, 6.07) is 0. The summed E-state index contributed by atoms with van der Waals surface area (Å²) in [5.41, 5.74) is 3.22. The number of oxime groups is 1. The number of allylic oxidation sites excluding steroid dienone is 2. The van der Waals surface area contributed by atoms with Gasteiger partial charge in [-0.25, -0.2) is 0 Å². The van der Waals surface area contributed by atoms with E-state index in [2.05, 4.69) is 57.9 Å². The fourth-order valence-corrected chi connectivity index (χ4v) is 7.71. The van der Waals surface area contributed by atoms with Gasteiger partial charge < -0.3 is 14.8 Å². The van der Waals surface area contributed by atoms with E-state index in [4.69, 9.17) is 4.84 Å². The first-order valence-corrected chi connectivity index (χ1v) is 11.8. The van der Waals surface area contributed by atoms with Crippen LogP contribution >= 0.6 is 0 Å². The first-order chi connectivity index (χ1) is 13.6. The fourth-order valence-electron chi connectivity index (χ4n) is 7.71. The maximum absolute atomic E-state index is 10.7. The fraction of sp³-hybridized carbons (Fsp3) is 0.880. The van der Waals surface area contributed by atoms with Gasteiger partial charge in [0.05, 0.1) is 11.8 Å². The molecule has 1 N–H and O–H groups in total. The predicted molar refractivity (Wildman–Crippen MR) is 119 cm³/mol. The Morgan fingerprint density at radius 3 is 2.59 bits per heavy atom. The van der Waals surface area contributed by atoms with Crippen molar-refractivity contribution in [3.63, 3.8) is 0 Å². The number of fused-ring (bicyclic) bond motifs is 5. The van der Waals surface area contributed by atoms with Crippen molar-refractivity contribution in [2.75, 3.05) is 27.2 Å². The molecule has 0 heterocycles. The summed E-state index contributed by atoms with van der Waals surface area (Å²) in [7, 11) is 4.13. The summed E-state index contributed by atoms with van der Waals surface area (Å²) in [4.78, 5) is 7.84. The molecule has 0 unspecified atom stereocenters. The zero-order chi connectivity index (χ0) is 21.0. The first kappa shape index (κ1) is 21.4. The summed E-state index contributed by atoms with van der Waals surface area (Å²) >= 11 is 0. The zero-order valence-corrected chi connectivity index (χ0v) is 19.5. The lowest BCUT2D eigenvalue weighted by molar-refractivity contribution is -0.0670. The summed E-state index contributed by atoms with van der Waals surface area (Å²) in [5.74, 6) is 2.19. The van der Waals surface area contributed by atoms with Crippen LogP contribution in [0.15, 0.2) is 16.8 Å². The highest BCUT2D eigenvalue weighted by atomic mass is 16.6. The average Bonchev–Trinajstić information content (AvgIpc) is 2.95. The summed E-state index contributed by atoms with van der Waals surface area (Å²) in [5, 5.41) is 15.3. The lowest BCUT2D eigenvalue weighted by atomic mass is 9.45. The van der Waals surface area contributed by atoms with Gasteiger partial charge in [0, 0.05) is 12.0 Å². The number of aliphatic hydroxyl groups is 1. The summed E-state index contributed by atoms with van der Waals surface area (Å²) < 4.78 is 0. The Kier molecular flexibility index (Phi) is 5.43. The summed E-state index contributed by atoms with van der Waals surface area (Å²) in [6.45, 7) is 11.2. The van der Waals surface area contributed by atoms with Gasteiger partial charge in [-0.1, -0.05) is 44.5 Å².